The molecule has 0 unspecified atom stereocenters. The molecule has 19 heavy (non-hydrogen) atoms. The van der Waals surface area contributed by atoms with Gasteiger partial charge in [0.05, 0.1) is 13.2 Å². The predicted molar refractivity (Wildman–Crippen MR) is 70.5 cm³/mol. The number of hydrogen-bond acceptors (Lipinski definition) is 3. The highest BCUT2D eigenvalue weighted by Gasteiger charge is 2.72. The Morgan fingerprint density at radius 3 is 2.47 bits per heavy atom. The minimum atomic E-state index is -0.331. The van der Waals surface area contributed by atoms with Crippen molar-refractivity contribution < 1.29 is 14.3 Å². The lowest BCUT2D eigenvalue weighted by Gasteiger charge is -2.45. The minimum absolute atomic E-state index is 0.154. The molecule has 2 bridgehead atoms. The number of ether oxygens (including phenoxy) is 2. The van der Waals surface area contributed by atoms with E-state index in [9.17, 15) is 4.79 Å². The molecule has 3 heteroatoms. The Kier molecular flexibility index (Phi) is 2.23. The summed E-state index contributed by atoms with van der Waals surface area (Å²) < 4.78 is 12.1. The molecule has 4 atom stereocenters. The fourth-order valence-electron chi connectivity index (χ4n) is 6.02. The summed E-state index contributed by atoms with van der Waals surface area (Å²) in [7, 11) is 0. The second-order valence-corrected chi connectivity index (χ2v) is 7.76. The smallest absolute Gasteiger partial charge is 0.171 e. The van der Waals surface area contributed by atoms with Crippen LogP contribution >= 0.6 is 0 Å². The lowest BCUT2D eigenvalue weighted by molar-refractivity contribution is -0.231. The van der Waals surface area contributed by atoms with E-state index < -0.39 is 0 Å². The first-order valence-electron chi connectivity index (χ1n) is 7.73. The average Bonchev–Trinajstić information content (AvgIpc) is 2.97. The van der Waals surface area contributed by atoms with Crippen molar-refractivity contribution in [2.24, 2.45) is 28.6 Å². The van der Waals surface area contributed by atoms with Crippen molar-refractivity contribution in [1.29, 1.82) is 0 Å². The molecule has 0 N–H and O–H groups in total. The van der Waals surface area contributed by atoms with E-state index in [0.717, 1.165) is 38.9 Å². The van der Waals surface area contributed by atoms with Crippen molar-refractivity contribution >= 4 is 5.78 Å². The zero-order chi connectivity index (χ0) is 13.5. The summed E-state index contributed by atoms with van der Waals surface area (Å²) in [6.45, 7) is 8.31. The van der Waals surface area contributed by atoms with Crippen LogP contribution in [-0.2, 0) is 14.3 Å². The van der Waals surface area contributed by atoms with E-state index in [2.05, 4.69) is 20.8 Å². The van der Waals surface area contributed by atoms with Gasteiger partial charge in [0, 0.05) is 24.7 Å². The summed E-state index contributed by atoms with van der Waals surface area (Å²) in [6.07, 6.45) is 3.98. The third kappa shape index (κ3) is 1.25. The topological polar surface area (TPSA) is 35.5 Å². The van der Waals surface area contributed by atoms with Crippen molar-refractivity contribution in [3.8, 4) is 0 Å². The number of rotatable bonds is 0. The largest absolute Gasteiger partial charge is 0.347 e. The van der Waals surface area contributed by atoms with Crippen LogP contribution in [0.2, 0.25) is 0 Å². The van der Waals surface area contributed by atoms with Gasteiger partial charge >= 0.3 is 0 Å². The van der Waals surface area contributed by atoms with Crippen molar-refractivity contribution in [3.05, 3.63) is 0 Å². The second kappa shape index (κ2) is 3.43. The van der Waals surface area contributed by atoms with E-state index in [1.165, 1.54) is 0 Å². The summed E-state index contributed by atoms with van der Waals surface area (Å²) in [4.78, 5) is 12.2. The third-order valence-corrected chi connectivity index (χ3v) is 7.07. The lowest BCUT2D eigenvalue weighted by Crippen LogP contribution is -2.47. The fourth-order valence-corrected chi connectivity index (χ4v) is 6.02. The van der Waals surface area contributed by atoms with Crippen LogP contribution in [0.5, 0.6) is 0 Å². The molecule has 0 aromatic heterocycles. The molecular weight excluding hydrogens is 240 g/mol. The van der Waals surface area contributed by atoms with Crippen LogP contribution in [0.4, 0.5) is 0 Å². The maximum Gasteiger partial charge on any atom is 0.171 e. The highest BCUT2D eigenvalue weighted by Crippen LogP contribution is 2.73. The summed E-state index contributed by atoms with van der Waals surface area (Å²) in [5.74, 6) is 1.37. The van der Waals surface area contributed by atoms with Crippen LogP contribution in [-0.4, -0.2) is 24.8 Å². The zero-order valence-electron chi connectivity index (χ0n) is 12.2. The molecule has 4 aliphatic rings. The maximum atomic E-state index is 12.2. The van der Waals surface area contributed by atoms with Gasteiger partial charge in [-0.2, -0.15) is 0 Å². The summed E-state index contributed by atoms with van der Waals surface area (Å²) in [6, 6.07) is 0. The highest BCUT2D eigenvalue weighted by molar-refractivity contribution is 5.85. The highest BCUT2D eigenvalue weighted by atomic mass is 16.7. The molecule has 1 aliphatic heterocycles. The first-order chi connectivity index (χ1) is 8.92. The first kappa shape index (κ1) is 12.3. The maximum absolute atomic E-state index is 12.2. The Balaban J connectivity index is 1.79. The Morgan fingerprint density at radius 1 is 1.11 bits per heavy atom. The predicted octanol–water partition coefficient (Wildman–Crippen LogP) is 2.78. The Bertz CT molecular complexity index is 435. The van der Waals surface area contributed by atoms with Gasteiger partial charge in [-0.3, -0.25) is 4.79 Å². The number of hydrogen-bond donors (Lipinski definition) is 0. The molecule has 1 saturated heterocycles. The Labute approximate surface area is 115 Å². The van der Waals surface area contributed by atoms with Gasteiger partial charge in [-0.1, -0.05) is 20.8 Å². The number of carbonyl (C=O) groups is 1. The van der Waals surface area contributed by atoms with E-state index in [-0.39, 0.29) is 22.5 Å². The van der Waals surface area contributed by atoms with Gasteiger partial charge in [0.15, 0.2) is 5.79 Å². The summed E-state index contributed by atoms with van der Waals surface area (Å²) in [5, 5.41) is 0. The Morgan fingerprint density at radius 2 is 1.79 bits per heavy atom. The van der Waals surface area contributed by atoms with Crippen LogP contribution in [0.3, 0.4) is 0 Å². The molecule has 3 nitrogen and oxygen atoms in total. The minimum Gasteiger partial charge on any atom is -0.347 e. The van der Waals surface area contributed by atoms with Crippen molar-refractivity contribution in [3.63, 3.8) is 0 Å². The normalized spacial score (nSPS) is 49.8. The van der Waals surface area contributed by atoms with Gasteiger partial charge in [0.1, 0.15) is 5.78 Å². The molecule has 4 fully saturated rings. The molecule has 3 saturated carbocycles. The first-order valence-corrected chi connectivity index (χ1v) is 7.73. The number of Topliss-reactive ketones (excluding diaryl/α,β-unsaturated/α-hetero) is 1. The van der Waals surface area contributed by atoms with Gasteiger partial charge in [0.25, 0.3) is 0 Å². The van der Waals surface area contributed by atoms with Gasteiger partial charge in [-0.05, 0) is 29.6 Å². The van der Waals surface area contributed by atoms with Crippen molar-refractivity contribution in [1.82, 2.24) is 0 Å². The molecule has 4 rings (SSSR count). The van der Waals surface area contributed by atoms with Gasteiger partial charge < -0.3 is 9.47 Å². The van der Waals surface area contributed by atoms with E-state index in [1.54, 1.807) is 0 Å². The third-order valence-electron chi connectivity index (χ3n) is 7.07. The van der Waals surface area contributed by atoms with Gasteiger partial charge in [-0.15, -0.1) is 0 Å². The number of fused-ring (bicyclic) bond motifs is 2. The van der Waals surface area contributed by atoms with E-state index in [1.807, 2.05) is 0 Å². The molecule has 3 aliphatic carbocycles. The lowest BCUT2D eigenvalue weighted by atomic mass is 9.66. The average molecular weight is 264 g/mol. The molecule has 2 spiro atoms. The number of ketones is 1. The van der Waals surface area contributed by atoms with E-state index in [0.29, 0.717) is 17.6 Å². The molecule has 0 radical (unpaired) electrons. The number of carbonyl (C=O) groups excluding carboxylic acids is 1. The SMILES string of the molecule is C[C@@H]1C(=O)C[C@H]2C(C)(C)[C@H]3C[C@@]12CCC31OCCO1. The van der Waals surface area contributed by atoms with Crippen LogP contribution in [0.1, 0.15) is 46.5 Å². The quantitative estimate of drug-likeness (QED) is 0.675. The second-order valence-electron chi connectivity index (χ2n) is 7.76. The summed E-state index contributed by atoms with van der Waals surface area (Å²) in [5.41, 5.74) is 0.396. The van der Waals surface area contributed by atoms with Gasteiger partial charge in [-0.25, -0.2) is 0 Å². The fraction of sp³-hybridized carbons (Fsp3) is 0.938. The van der Waals surface area contributed by atoms with Gasteiger partial charge in [0.2, 0.25) is 0 Å². The molecule has 1 heterocycles. The van der Waals surface area contributed by atoms with Crippen molar-refractivity contribution in [2.75, 3.05) is 13.2 Å². The van der Waals surface area contributed by atoms with Crippen molar-refractivity contribution in [2.45, 2.75) is 52.2 Å². The van der Waals surface area contributed by atoms with Crippen LogP contribution in [0.25, 0.3) is 0 Å². The molecule has 0 amide bonds. The zero-order valence-corrected chi connectivity index (χ0v) is 12.2. The summed E-state index contributed by atoms with van der Waals surface area (Å²) >= 11 is 0. The monoisotopic (exact) mass is 264 g/mol. The van der Waals surface area contributed by atoms with Crippen LogP contribution < -0.4 is 0 Å². The van der Waals surface area contributed by atoms with Crippen LogP contribution in [0.15, 0.2) is 0 Å². The standard InChI is InChI=1S/C16H24O3/c1-10-11(17)8-12-14(2,3)13-9-15(10,12)4-5-16(13)18-6-7-19-16/h10,12-13H,4-9H2,1-3H3/t10-,12+,13-,15+/m1/s1. The molecule has 106 valence electrons. The van der Waals surface area contributed by atoms with Crippen LogP contribution in [0, 0.1) is 28.6 Å². The molecule has 0 aromatic carbocycles. The van der Waals surface area contributed by atoms with E-state index >= 15 is 0 Å². The Hall–Kier alpha value is -0.410. The van der Waals surface area contributed by atoms with E-state index in [4.69, 9.17) is 9.47 Å². The molecule has 0 aromatic rings. The molecular formula is C16H24O3.